The smallest absolute Gasteiger partial charge is 0.244 e. The lowest BCUT2D eigenvalue weighted by molar-refractivity contribution is -0.120. The number of benzene rings is 2. The summed E-state index contributed by atoms with van der Waals surface area (Å²) >= 11 is 0. The second-order valence-corrected chi connectivity index (χ2v) is 5.56. The van der Waals surface area contributed by atoms with Crippen molar-refractivity contribution in [2.75, 3.05) is 0 Å². The standard InChI is InChI=1S/C18H15N3O/c1-11-6-8-12(9-7-11)17-18-14(10-16(22)20-21-17)13-4-2-3-5-15(13)19-18/h2-9,19H,10H2,1H3,(H,20,22). The molecule has 0 fully saturated rings. The molecule has 1 aromatic heterocycles. The first-order valence-electron chi connectivity index (χ1n) is 7.26. The van der Waals surface area contributed by atoms with Crippen molar-refractivity contribution in [3.63, 3.8) is 0 Å². The van der Waals surface area contributed by atoms with Crippen LogP contribution in [0.15, 0.2) is 53.6 Å². The third kappa shape index (κ3) is 2.00. The number of amides is 1. The van der Waals surface area contributed by atoms with Gasteiger partial charge in [0.2, 0.25) is 5.91 Å². The number of carbonyl (C=O) groups excluding carboxylic acids is 1. The third-order valence-corrected chi connectivity index (χ3v) is 4.01. The fraction of sp³-hybridized carbons (Fsp3) is 0.111. The highest BCUT2D eigenvalue weighted by molar-refractivity contribution is 6.16. The largest absolute Gasteiger partial charge is 0.353 e. The Bertz CT molecular complexity index is 904. The minimum Gasteiger partial charge on any atom is -0.353 e. The molecule has 0 aliphatic carbocycles. The molecule has 4 heteroatoms. The van der Waals surface area contributed by atoms with Gasteiger partial charge < -0.3 is 4.98 Å². The monoisotopic (exact) mass is 289 g/mol. The van der Waals surface area contributed by atoms with E-state index in [0.29, 0.717) is 6.42 Å². The average molecular weight is 289 g/mol. The number of aromatic nitrogens is 1. The maximum Gasteiger partial charge on any atom is 0.244 e. The highest BCUT2D eigenvalue weighted by Crippen LogP contribution is 2.26. The minimum absolute atomic E-state index is 0.0897. The molecule has 2 N–H and O–H groups in total. The van der Waals surface area contributed by atoms with Crippen LogP contribution in [-0.2, 0) is 11.2 Å². The van der Waals surface area contributed by atoms with Crippen molar-refractivity contribution in [2.45, 2.75) is 13.3 Å². The van der Waals surface area contributed by atoms with E-state index < -0.39 is 0 Å². The van der Waals surface area contributed by atoms with E-state index in [4.69, 9.17) is 0 Å². The van der Waals surface area contributed by atoms with Crippen LogP contribution >= 0.6 is 0 Å². The number of aryl methyl sites for hydroxylation is 1. The molecule has 1 amide bonds. The number of hydrazone groups is 1. The number of aromatic amines is 1. The van der Waals surface area contributed by atoms with E-state index in [0.717, 1.165) is 33.4 Å². The fourth-order valence-electron chi connectivity index (χ4n) is 2.88. The third-order valence-electron chi connectivity index (χ3n) is 4.01. The molecule has 0 bridgehead atoms. The predicted molar refractivity (Wildman–Crippen MR) is 87.0 cm³/mol. The summed E-state index contributed by atoms with van der Waals surface area (Å²) in [5.74, 6) is -0.0897. The van der Waals surface area contributed by atoms with Crippen LogP contribution in [0.1, 0.15) is 22.4 Å². The van der Waals surface area contributed by atoms with E-state index in [1.54, 1.807) is 0 Å². The van der Waals surface area contributed by atoms with Crippen LogP contribution in [0.25, 0.3) is 10.9 Å². The number of H-pyrrole nitrogens is 1. The van der Waals surface area contributed by atoms with E-state index in [9.17, 15) is 4.79 Å². The Kier molecular flexibility index (Phi) is 2.82. The molecule has 0 saturated heterocycles. The summed E-state index contributed by atoms with van der Waals surface area (Å²) in [6.45, 7) is 2.05. The van der Waals surface area contributed by atoms with Gasteiger partial charge in [-0.1, -0.05) is 48.0 Å². The van der Waals surface area contributed by atoms with E-state index in [-0.39, 0.29) is 5.91 Å². The summed E-state index contributed by atoms with van der Waals surface area (Å²) in [4.78, 5) is 15.4. The van der Waals surface area contributed by atoms with E-state index in [1.165, 1.54) is 5.56 Å². The molecular formula is C18H15N3O. The van der Waals surface area contributed by atoms with Gasteiger partial charge in [-0.2, -0.15) is 5.10 Å². The van der Waals surface area contributed by atoms with Gasteiger partial charge in [0.15, 0.2) is 0 Å². The molecule has 1 aliphatic rings. The second-order valence-electron chi connectivity index (χ2n) is 5.56. The summed E-state index contributed by atoms with van der Waals surface area (Å²) in [6, 6.07) is 16.2. The normalized spacial score (nSPS) is 14.2. The number of nitrogens with one attached hydrogen (secondary N) is 2. The minimum atomic E-state index is -0.0897. The van der Waals surface area contributed by atoms with Crippen LogP contribution in [0.2, 0.25) is 0 Å². The number of hydrogen-bond acceptors (Lipinski definition) is 2. The highest BCUT2D eigenvalue weighted by Gasteiger charge is 2.22. The molecule has 0 saturated carbocycles. The van der Waals surface area contributed by atoms with Crippen molar-refractivity contribution < 1.29 is 4.79 Å². The summed E-state index contributed by atoms with van der Waals surface area (Å²) in [5, 5.41) is 5.40. The lowest BCUT2D eigenvalue weighted by atomic mass is 10.0. The van der Waals surface area contributed by atoms with Crippen LogP contribution in [0.4, 0.5) is 0 Å². The van der Waals surface area contributed by atoms with Gasteiger partial charge in [-0.3, -0.25) is 4.79 Å². The average Bonchev–Trinajstić information content (AvgIpc) is 2.79. The van der Waals surface area contributed by atoms with Crippen molar-refractivity contribution in [2.24, 2.45) is 5.10 Å². The van der Waals surface area contributed by atoms with Gasteiger partial charge >= 0.3 is 0 Å². The topological polar surface area (TPSA) is 57.2 Å². The maximum absolute atomic E-state index is 12.0. The molecule has 0 atom stereocenters. The summed E-state index contributed by atoms with van der Waals surface area (Å²) in [7, 11) is 0. The van der Waals surface area contributed by atoms with Gasteiger partial charge in [-0.25, -0.2) is 5.43 Å². The van der Waals surface area contributed by atoms with E-state index >= 15 is 0 Å². The molecule has 2 aromatic carbocycles. The van der Waals surface area contributed by atoms with Gasteiger partial charge in [0.05, 0.1) is 12.1 Å². The Labute approximate surface area is 127 Å². The first-order valence-corrected chi connectivity index (χ1v) is 7.26. The number of para-hydroxylation sites is 1. The van der Waals surface area contributed by atoms with Crippen LogP contribution in [0.3, 0.4) is 0 Å². The first kappa shape index (κ1) is 12.8. The number of nitrogens with zero attached hydrogens (tertiary/aromatic N) is 1. The van der Waals surface area contributed by atoms with Crippen LogP contribution < -0.4 is 5.43 Å². The summed E-state index contributed by atoms with van der Waals surface area (Å²) in [6.07, 6.45) is 0.332. The van der Waals surface area contributed by atoms with Gasteiger partial charge in [0, 0.05) is 16.5 Å². The van der Waals surface area contributed by atoms with Crippen molar-refractivity contribution in [3.05, 3.63) is 70.9 Å². The van der Waals surface area contributed by atoms with Crippen molar-refractivity contribution in [1.82, 2.24) is 10.4 Å². The van der Waals surface area contributed by atoms with E-state index in [1.807, 2.05) is 48.5 Å². The lowest BCUT2D eigenvalue weighted by Gasteiger charge is -2.05. The lowest BCUT2D eigenvalue weighted by Crippen LogP contribution is -2.18. The zero-order chi connectivity index (χ0) is 15.1. The summed E-state index contributed by atoms with van der Waals surface area (Å²) < 4.78 is 0. The van der Waals surface area contributed by atoms with Gasteiger partial charge in [0.1, 0.15) is 5.71 Å². The Hall–Kier alpha value is -2.88. The van der Waals surface area contributed by atoms with Gasteiger partial charge in [-0.05, 0) is 18.6 Å². The first-order chi connectivity index (χ1) is 10.7. The molecule has 4 nitrogen and oxygen atoms in total. The summed E-state index contributed by atoms with van der Waals surface area (Å²) in [5.41, 5.74) is 8.54. The molecule has 0 unspecified atom stereocenters. The molecule has 2 heterocycles. The Balaban J connectivity index is 1.97. The molecule has 0 radical (unpaired) electrons. The van der Waals surface area contributed by atoms with Crippen LogP contribution in [0, 0.1) is 6.92 Å². The molecule has 3 aromatic rings. The predicted octanol–water partition coefficient (Wildman–Crippen LogP) is 2.90. The van der Waals surface area contributed by atoms with Gasteiger partial charge in [0.25, 0.3) is 0 Å². The Morgan fingerprint density at radius 3 is 2.64 bits per heavy atom. The Morgan fingerprint density at radius 1 is 1.05 bits per heavy atom. The SMILES string of the molecule is Cc1ccc(C2=NNC(=O)Cc3c2[nH]c2ccccc32)cc1. The van der Waals surface area contributed by atoms with Crippen molar-refractivity contribution in [3.8, 4) is 0 Å². The molecule has 0 spiro atoms. The van der Waals surface area contributed by atoms with E-state index in [2.05, 4.69) is 22.4 Å². The maximum atomic E-state index is 12.0. The van der Waals surface area contributed by atoms with Crippen LogP contribution in [0.5, 0.6) is 0 Å². The van der Waals surface area contributed by atoms with Gasteiger partial charge in [-0.15, -0.1) is 0 Å². The fourth-order valence-corrected chi connectivity index (χ4v) is 2.88. The second kappa shape index (κ2) is 4.84. The quantitative estimate of drug-likeness (QED) is 0.711. The van der Waals surface area contributed by atoms with Crippen molar-refractivity contribution in [1.29, 1.82) is 0 Å². The number of rotatable bonds is 1. The number of fused-ring (bicyclic) bond motifs is 3. The molecule has 22 heavy (non-hydrogen) atoms. The van der Waals surface area contributed by atoms with Crippen LogP contribution in [-0.4, -0.2) is 16.6 Å². The Morgan fingerprint density at radius 2 is 1.82 bits per heavy atom. The number of carbonyl (C=O) groups is 1. The zero-order valence-electron chi connectivity index (χ0n) is 12.2. The molecular weight excluding hydrogens is 274 g/mol. The highest BCUT2D eigenvalue weighted by atomic mass is 16.2. The molecule has 4 rings (SSSR count). The van der Waals surface area contributed by atoms with Crippen molar-refractivity contribution >= 4 is 22.5 Å². The zero-order valence-corrected chi connectivity index (χ0v) is 12.2. The molecule has 1 aliphatic heterocycles. The molecule has 108 valence electrons. The number of hydrogen-bond donors (Lipinski definition) is 2.